The molecule has 0 saturated carbocycles. The molecule has 0 aliphatic rings. The Labute approximate surface area is 99.6 Å². The van der Waals surface area contributed by atoms with Crippen molar-refractivity contribution in [1.82, 2.24) is 14.8 Å². The van der Waals surface area contributed by atoms with Crippen LogP contribution in [0.15, 0.2) is 37.2 Å². The molecule has 2 aromatic rings. The largest absolute Gasteiger partial charge is 0.291 e. The molecule has 0 fully saturated rings. The summed E-state index contributed by atoms with van der Waals surface area (Å²) in [7, 11) is 0. The highest BCUT2D eigenvalue weighted by Gasteiger charge is 2.12. The Balaban J connectivity index is 2.42. The van der Waals surface area contributed by atoms with Crippen molar-refractivity contribution in [1.29, 1.82) is 0 Å². The van der Waals surface area contributed by atoms with Gasteiger partial charge in [0.2, 0.25) is 0 Å². The minimum atomic E-state index is -0.0182. The molecule has 0 N–H and O–H groups in total. The summed E-state index contributed by atoms with van der Waals surface area (Å²) in [6.07, 6.45) is 3.58. The molecule has 0 spiro atoms. The average molecular weight is 227 g/mol. The van der Waals surface area contributed by atoms with Crippen molar-refractivity contribution in [3.63, 3.8) is 0 Å². The number of nitrogens with zero attached hydrogens (tertiary/aromatic N) is 3. The molecule has 0 aliphatic heterocycles. The Kier molecular flexibility index (Phi) is 3.14. The van der Waals surface area contributed by atoms with Crippen LogP contribution in [0.3, 0.4) is 0 Å². The van der Waals surface area contributed by atoms with Crippen molar-refractivity contribution in [2.24, 2.45) is 0 Å². The fourth-order valence-electron chi connectivity index (χ4n) is 1.53. The molecule has 17 heavy (non-hydrogen) atoms. The molecule has 0 bridgehead atoms. The topological polar surface area (TPSA) is 47.8 Å². The van der Waals surface area contributed by atoms with Gasteiger partial charge >= 0.3 is 0 Å². The van der Waals surface area contributed by atoms with Crippen molar-refractivity contribution >= 4 is 11.9 Å². The number of benzene rings is 1. The molecule has 0 saturated heterocycles. The molecule has 0 radical (unpaired) electrons. The Morgan fingerprint density at radius 1 is 1.41 bits per heavy atom. The summed E-state index contributed by atoms with van der Waals surface area (Å²) in [5.74, 6) is 0.356. The van der Waals surface area contributed by atoms with Gasteiger partial charge in [-0.3, -0.25) is 4.79 Å². The molecule has 4 nitrogen and oxygen atoms in total. The van der Waals surface area contributed by atoms with Crippen molar-refractivity contribution in [2.75, 3.05) is 0 Å². The van der Waals surface area contributed by atoms with Gasteiger partial charge in [0.15, 0.2) is 11.6 Å². The van der Waals surface area contributed by atoms with E-state index in [1.165, 1.54) is 6.33 Å². The SMILES string of the molecule is C=Cc1ccc(-n2ncnc2C(=O)CC)cc1. The van der Waals surface area contributed by atoms with E-state index in [0.29, 0.717) is 12.2 Å². The Hall–Kier alpha value is -2.23. The first-order chi connectivity index (χ1) is 8.26. The highest BCUT2D eigenvalue weighted by molar-refractivity contribution is 5.92. The molecule has 86 valence electrons. The number of Topliss-reactive ketones (excluding diaryl/α,β-unsaturated/α-hetero) is 1. The van der Waals surface area contributed by atoms with E-state index in [1.54, 1.807) is 10.8 Å². The minimum Gasteiger partial charge on any atom is -0.291 e. The second kappa shape index (κ2) is 4.74. The summed E-state index contributed by atoms with van der Waals surface area (Å²) in [4.78, 5) is 15.6. The summed E-state index contributed by atoms with van der Waals surface area (Å²) in [5, 5.41) is 4.07. The first-order valence-electron chi connectivity index (χ1n) is 5.42. The maximum atomic E-state index is 11.7. The van der Waals surface area contributed by atoms with Gasteiger partial charge < -0.3 is 0 Å². The van der Waals surface area contributed by atoms with E-state index in [4.69, 9.17) is 0 Å². The van der Waals surface area contributed by atoms with E-state index in [-0.39, 0.29) is 5.78 Å². The number of hydrogen-bond donors (Lipinski definition) is 0. The predicted octanol–water partition coefficient (Wildman–Crippen LogP) is 2.50. The third kappa shape index (κ3) is 2.15. The molecular formula is C13H13N3O. The number of rotatable bonds is 4. The van der Waals surface area contributed by atoms with Gasteiger partial charge in [-0.2, -0.15) is 5.10 Å². The van der Waals surface area contributed by atoms with E-state index in [0.717, 1.165) is 11.3 Å². The molecular weight excluding hydrogens is 214 g/mol. The number of carbonyl (C=O) groups excluding carboxylic acids is 1. The van der Waals surface area contributed by atoms with Crippen LogP contribution in [0.1, 0.15) is 29.5 Å². The van der Waals surface area contributed by atoms with Crippen molar-refractivity contribution < 1.29 is 4.79 Å². The Morgan fingerprint density at radius 3 is 2.71 bits per heavy atom. The van der Waals surface area contributed by atoms with Crippen LogP contribution in [0, 0.1) is 0 Å². The molecule has 1 heterocycles. The van der Waals surface area contributed by atoms with Gasteiger partial charge in [0.25, 0.3) is 0 Å². The number of hydrogen-bond acceptors (Lipinski definition) is 3. The number of carbonyl (C=O) groups is 1. The highest BCUT2D eigenvalue weighted by atomic mass is 16.1. The third-order valence-corrected chi connectivity index (χ3v) is 2.49. The van der Waals surface area contributed by atoms with E-state index >= 15 is 0 Å². The zero-order valence-corrected chi connectivity index (χ0v) is 9.63. The van der Waals surface area contributed by atoms with Gasteiger partial charge in [-0.05, 0) is 17.7 Å². The summed E-state index contributed by atoms with van der Waals surface area (Å²) in [5.41, 5.74) is 1.85. The lowest BCUT2D eigenvalue weighted by Gasteiger charge is -2.04. The molecule has 0 unspecified atom stereocenters. The van der Waals surface area contributed by atoms with Crippen molar-refractivity contribution in [3.05, 3.63) is 48.6 Å². The van der Waals surface area contributed by atoms with Gasteiger partial charge in [-0.1, -0.05) is 31.7 Å². The zero-order valence-electron chi connectivity index (χ0n) is 9.63. The molecule has 0 atom stereocenters. The van der Waals surface area contributed by atoms with Crippen LogP contribution >= 0.6 is 0 Å². The highest BCUT2D eigenvalue weighted by Crippen LogP contribution is 2.12. The second-order valence-corrected chi connectivity index (χ2v) is 3.57. The number of aromatic nitrogens is 3. The van der Waals surface area contributed by atoms with E-state index in [1.807, 2.05) is 31.2 Å². The van der Waals surface area contributed by atoms with Crippen LogP contribution in [0.2, 0.25) is 0 Å². The standard InChI is InChI=1S/C13H13N3O/c1-3-10-5-7-11(8-6-10)16-13(12(17)4-2)14-9-15-16/h3,5-9H,1,4H2,2H3. The van der Waals surface area contributed by atoms with Gasteiger partial charge in [0.1, 0.15) is 6.33 Å². The quantitative estimate of drug-likeness (QED) is 0.754. The van der Waals surface area contributed by atoms with Crippen LogP contribution in [-0.4, -0.2) is 20.5 Å². The Morgan fingerprint density at radius 2 is 2.12 bits per heavy atom. The molecule has 2 rings (SSSR count). The van der Waals surface area contributed by atoms with Crippen LogP contribution in [0.25, 0.3) is 11.8 Å². The second-order valence-electron chi connectivity index (χ2n) is 3.57. The summed E-state index contributed by atoms with van der Waals surface area (Å²) < 4.78 is 1.55. The van der Waals surface area contributed by atoms with Gasteiger partial charge in [-0.25, -0.2) is 9.67 Å². The van der Waals surface area contributed by atoms with Crippen LogP contribution in [0.5, 0.6) is 0 Å². The normalized spacial score (nSPS) is 10.2. The average Bonchev–Trinajstić information content (AvgIpc) is 2.87. The van der Waals surface area contributed by atoms with Gasteiger partial charge in [0.05, 0.1) is 5.69 Å². The molecule has 0 aliphatic carbocycles. The summed E-state index contributed by atoms with van der Waals surface area (Å²) in [6, 6.07) is 7.62. The van der Waals surface area contributed by atoms with E-state index in [2.05, 4.69) is 16.7 Å². The Bertz CT molecular complexity index is 540. The lowest BCUT2D eigenvalue weighted by atomic mass is 10.2. The summed E-state index contributed by atoms with van der Waals surface area (Å²) in [6.45, 7) is 5.50. The fraction of sp³-hybridized carbons (Fsp3) is 0.154. The molecule has 1 aromatic heterocycles. The molecule has 4 heteroatoms. The van der Waals surface area contributed by atoms with Crippen molar-refractivity contribution in [2.45, 2.75) is 13.3 Å². The summed E-state index contributed by atoms with van der Waals surface area (Å²) >= 11 is 0. The zero-order chi connectivity index (χ0) is 12.3. The first kappa shape index (κ1) is 11.3. The van der Waals surface area contributed by atoms with Gasteiger partial charge in [0, 0.05) is 6.42 Å². The van der Waals surface area contributed by atoms with E-state index < -0.39 is 0 Å². The van der Waals surface area contributed by atoms with E-state index in [9.17, 15) is 4.79 Å². The lowest BCUT2D eigenvalue weighted by molar-refractivity contribution is 0.0976. The maximum absolute atomic E-state index is 11.7. The number of ketones is 1. The predicted molar refractivity (Wildman–Crippen MR) is 66.1 cm³/mol. The first-order valence-corrected chi connectivity index (χ1v) is 5.42. The fourth-order valence-corrected chi connectivity index (χ4v) is 1.53. The van der Waals surface area contributed by atoms with Crippen LogP contribution in [0.4, 0.5) is 0 Å². The molecule has 1 aromatic carbocycles. The minimum absolute atomic E-state index is 0.0182. The third-order valence-electron chi connectivity index (χ3n) is 2.49. The monoisotopic (exact) mass is 227 g/mol. The molecule has 0 amide bonds. The smallest absolute Gasteiger partial charge is 0.199 e. The van der Waals surface area contributed by atoms with Gasteiger partial charge in [-0.15, -0.1) is 0 Å². The lowest BCUT2D eigenvalue weighted by Crippen LogP contribution is -2.09. The van der Waals surface area contributed by atoms with Crippen molar-refractivity contribution in [3.8, 4) is 5.69 Å². The van der Waals surface area contributed by atoms with Crippen LogP contribution < -0.4 is 0 Å². The van der Waals surface area contributed by atoms with Crippen LogP contribution in [-0.2, 0) is 0 Å². The maximum Gasteiger partial charge on any atom is 0.199 e.